The number of benzene rings is 1. The summed E-state index contributed by atoms with van der Waals surface area (Å²) in [5.41, 5.74) is -1.27. The third-order valence-electron chi connectivity index (χ3n) is 6.10. The van der Waals surface area contributed by atoms with Crippen molar-refractivity contribution in [1.82, 2.24) is 10.3 Å². The molecule has 2 N–H and O–H groups in total. The molecular formula is C23H26F5N3O2. The highest BCUT2D eigenvalue weighted by Crippen LogP contribution is 2.40. The van der Waals surface area contributed by atoms with Gasteiger partial charge >= 0.3 is 6.18 Å². The van der Waals surface area contributed by atoms with Gasteiger partial charge in [0.05, 0.1) is 11.8 Å². The van der Waals surface area contributed by atoms with Crippen LogP contribution in [0, 0.1) is 11.6 Å². The second kappa shape index (κ2) is 8.72. The fourth-order valence-corrected chi connectivity index (χ4v) is 4.66. The molecule has 1 aromatic carbocycles. The second-order valence-corrected chi connectivity index (χ2v) is 9.31. The molecule has 0 spiro atoms. The van der Waals surface area contributed by atoms with Gasteiger partial charge in [0.15, 0.2) is 11.6 Å². The predicted molar refractivity (Wildman–Crippen MR) is 112 cm³/mol. The maximum absolute atomic E-state index is 13.7. The van der Waals surface area contributed by atoms with E-state index in [-0.39, 0.29) is 49.3 Å². The number of nitrogens with zero attached hydrogens (tertiary/aromatic N) is 2. The summed E-state index contributed by atoms with van der Waals surface area (Å²) in [5, 5.41) is 13.2. The SMILES string of the molecule is C[C@H]1CC(c2ccc(F)c(F)c2)C[C@@H](COc2cnc(N3CC(C)(O)C3)c(C(F)(F)F)c2)N1. The zero-order valence-electron chi connectivity index (χ0n) is 18.3. The largest absolute Gasteiger partial charge is 0.490 e. The lowest BCUT2D eigenvalue weighted by Crippen LogP contribution is -2.60. The van der Waals surface area contributed by atoms with Crippen LogP contribution in [0.2, 0.25) is 0 Å². The van der Waals surface area contributed by atoms with Crippen LogP contribution in [0.25, 0.3) is 0 Å². The van der Waals surface area contributed by atoms with E-state index in [1.807, 2.05) is 6.92 Å². The molecule has 0 saturated carbocycles. The monoisotopic (exact) mass is 471 g/mol. The number of piperidine rings is 1. The Morgan fingerprint density at radius 3 is 2.55 bits per heavy atom. The number of pyridine rings is 1. The molecule has 10 heteroatoms. The van der Waals surface area contributed by atoms with Gasteiger partial charge in [-0.15, -0.1) is 0 Å². The van der Waals surface area contributed by atoms with Crippen LogP contribution in [0.3, 0.4) is 0 Å². The first-order chi connectivity index (χ1) is 15.4. The third kappa shape index (κ3) is 5.38. The maximum atomic E-state index is 13.7. The minimum atomic E-state index is -4.63. The van der Waals surface area contributed by atoms with Crippen LogP contribution in [0.15, 0.2) is 30.5 Å². The van der Waals surface area contributed by atoms with Crippen LogP contribution in [-0.4, -0.2) is 47.5 Å². The molecule has 3 atom stereocenters. The first kappa shape index (κ1) is 23.7. The quantitative estimate of drug-likeness (QED) is 0.639. The minimum Gasteiger partial charge on any atom is -0.490 e. The number of hydrogen-bond acceptors (Lipinski definition) is 5. The average Bonchev–Trinajstić information content (AvgIpc) is 2.71. The van der Waals surface area contributed by atoms with Gasteiger partial charge in [0, 0.05) is 25.2 Å². The number of nitrogens with one attached hydrogen (secondary N) is 1. The highest BCUT2D eigenvalue weighted by molar-refractivity contribution is 5.54. The summed E-state index contributed by atoms with van der Waals surface area (Å²) in [6.45, 7) is 3.75. The lowest BCUT2D eigenvalue weighted by atomic mass is 9.83. The number of aromatic nitrogens is 1. The van der Waals surface area contributed by atoms with Gasteiger partial charge in [-0.3, -0.25) is 0 Å². The predicted octanol–water partition coefficient (Wildman–Crippen LogP) is 4.25. The van der Waals surface area contributed by atoms with Crippen molar-refractivity contribution in [2.24, 2.45) is 0 Å². The van der Waals surface area contributed by atoms with Gasteiger partial charge in [0.1, 0.15) is 23.7 Å². The zero-order chi connectivity index (χ0) is 24.0. The molecule has 33 heavy (non-hydrogen) atoms. The normalized spacial score (nSPS) is 25.0. The maximum Gasteiger partial charge on any atom is 0.420 e. The van der Waals surface area contributed by atoms with Gasteiger partial charge < -0.3 is 20.1 Å². The van der Waals surface area contributed by atoms with E-state index in [2.05, 4.69) is 10.3 Å². The molecule has 180 valence electrons. The summed E-state index contributed by atoms with van der Waals surface area (Å²) >= 11 is 0. The molecule has 2 fully saturated rings. The van der Waals surface area contributed by atoms with Gasteiger partial charge in [-0.1, -0.05) is 6.07 Å². The highest BCUT2D eigenvalue weighted by atomic mass is 19.4. The molecule has 5 nitrogen and oxygen atoms in total. The molecule has 0 bridgehead atoms. The molecule has 1 unspecified atom stereocenters. The molecule has 2 aliphatic heterocycles. The molecule has 3 heterocycles. The highest BCUT2D eigenvalue weighted by Gasteiger charge is 2.43. The van der Waals surface area contributed by atoms with Crippen molar-refractivity contribution < 1.29 is 31.8 Å². The lowest BCUT2D eigenvalue weighted by molar-refractivity contribution is -0.137. The van der Waals surface area contributed by atoms with Gasteiger partial charge in [0.25, 0.3) is 0 Å². The van der Waals surface area contributed by atoms with E-state index >= 15 is 0 Å². The van der Waals surface area contributed by atoms with Crippen molar-refractivity contribution in [2.45, 2.75) is 56.5 Å². The topological polar surface area (TPSA) is 57.6 Å². The van der Waals surface area contributed by atoms with Crippen LogP contribution < -0.4 is 15.0 Å². The molecular weight excluding hydrogens is 445 g/mol. The smallest absolute Gasteiger partial charge is 0.420 e. The van der Waals surface area contributed by atoms with Gasteiger partial charge in [-0.05, 0) is 56.4 Å². The summed E-state index contributed by atoms with van der Waals surface area (Å²) in [6, 6.07) is 4.66. The molecule has 4 rings (SSSR count). The molecule has 2 aliphatic rings. The first-order valence-electron chi connectivity index (χ1n) is 10.8. The minimum absolute atomic E-state index is 0.0113. The van der Waals surface area contributed by atoms with Crippen LogP contribution in [0.4, 0.5) is 27.8 Å². The standard InChI is InChI=1S/C23H26F5N3O2/c1-13-5-15(14-3-4-19(24)20(25)7-14)6-16(30-13)10-33-17-8-18(23(26,27)28)21(29-9-17)31-11-22(2,32)12-31/h3-4,7-9,13,15-16,30,32H,5-6,10-12H2,1-2H3/t13-,15?,16-/m0/s1. The van der Waals surface area contributed by atoms with E-state index in [0.29, 0.717) is 12.0 Å². The Bertz CT molecular complexity index is 1010. The molecule has 0 aliphatic carbocycles. The fraction of sp³-hybridized carbons (Fsp3) is 0.522. The Balaban J connectivity index is 1.45. The number of anilines is 1. The molecule has 2 aromatic rings. The first-order valence-corrected chi connectivity index (χ1v) is 10.8. The van der Waals surface area contributed by atoms with E-state index in [1.165, 1.54) is 17.2 Å². The summed E-state index contributed by atoms with van der Waals surface area (Å²) in [4.78, 5) is 5.34. The number of β-amino-alcohol motifs (C(OH)–C–C–N with tert-alkyl or cyclic N) is 1. The van der Waals surface area contributed by atoms with E-state index in [4.69, 9.17) is 4.74 Å². The fourth-order valence-electron chi connectivity index (χ4n) is 4.66. The van der Waals surface area contributed by atoms with Crippen LogP contribution in [-0.2, 0) is 6.18 Å². The average molecular weight is 471 g/mol. The van der Waals surface area contributed by atoms with Crippen molar-refractivity contribution in [1.29, 1.82) is 0 Å². The van der Waals surface area contributed by atoms with E-state index in [1.54, 1.807) is 13.0 Å². The van der Waals surface area contributed by atoms with E-state index in [9.17, 15) is 27.1 Å². The van der Waals surface area contributed by atoms with E-state index in [0.717, 1.165) is 18.6 Å². The Labute approximate surface area is 188 Å². The molecule has 2 saturated heterocycles. The van der Waals surface area contributed by atoms with Crippen LogP contribution >= 0.6 is 0 Å². The van der Waals surface area contributed by atoms with Gasteiger partial charge in [0.2, 0.25) is 0 Å². The zero-order valence-corrected chi connectivity index (χ0v) is 18.3. The summed E-state index contributed by atoms with van der Waals surface area (Å²) < 4.78 is 73.5. The van der Waals surface area contributed by atoms with E-state index < -0.39 is 29.0 Å². The van der Waals surface area contributed by atoms with Crippen LogP contribution in [0.1, 0.15) is 43.7 Å². The van der Waals surface area contributed by atoms with Gasteiger partial charge in [-0.25, -0.2) is 13.8 Å². The lowest BCUT2D eigenvalue weighted by Gasteiger charge is -2.45. The van der Waals surface area contributed by atoms with Crippen molar-refractivity contribution in [3.05, 3.63) is 53.2 Å². The Morgan fingerprint density at radius 2 is 1.91 bits per heavy atom. The Morgan fingerprint density at radius 1 is 1.18 bits per heavy atom. The second-order valence-electron chi connectivity index (χ2n) is 9.31. The third-order valence-corrected chi connectivity index (χ3v) is 6.10. The number of rotatable bonds is 5. The van der Waals surface area contributed by atoms with Crippen molar-refractivity contribution >= 4 is 5.82 Å². The number of hydrogen-bond donors (Lipinski definition) is 2. The molecule has 0 amide bonds. The van der Waals surface area contributed by atoms with Gasteiger partial charge in [-0.2, -0.15) is 13.2 Å². The summed E-state index contributed by atoms with van der Waals surface area (Å²) in [7, 11) is 0. The summed E-state index contributed by atoms with van der Waals surface area (Å²) in [6.07, 6.45) is -2.10. The number of ether oxygens (including phenoxy) is 1. The Kier molecular flexibility index (Phi) is 6.26. The number of alkyl halides is 3. The van der Waals surface area contributed by atoms with Crippen molar-refractivity contribution in [3.63, 3.8) is 0 Å². The number of halogens is 5. The Hall–Kier alpha value is -2.46. The van der Waals surface area contributed by atoms with Crippen molar-refractivity contribution in [2.75, 3.05) is 24.6 Å². The molecule has 1 aromatic heterocycles. The number of aliphatic hydroxyl groups is 1. The van der Waals surface area contributed by atoms with Crippen LogP contribution in [0.5, 0.6) is 5.75 Å². The summed E-state index contributed by atoms with van der Waals surface area (Å²) in [5.74, 6) is -2.08. The van der Waals surface area contributed by atoms with Crippen molar-refractivity contribution in [3.8, 4) is 5.75 Å². The molecule has 0 radical (unpaired) electrons.